The van der Waals surface area contributed by atoms with Crippen LogP contribution in [-0.2, 0) is 0 Å². The minimum Gasteiger partial charge on any atom is -0.492 e. The van der Waals surface area contributed by atoms with Crippen molar-refractivity contribution in [2.45, 2.75) is 0 Å². The van der Waals surface area contributed by atoms with Gasteiger partial charge in [-0.1, -0.05) is 18.2 Å². The van der Waals surface area contributed by atoms with Gasteiger partial charge in [0.1, 0.15) is 12.4 Å². The number of hydrogen-bond acceptors (Lipinski definition) is 6. The van der Waals surface area contributed by atoms with Crippen LogP contribution in [0.2, 0.25) is 0 Å². The van der Waals surface area contributed by atoms with E-state index in [0.717, 1.165) is 42.4 Å². The minimum atomic E-state index is 0. The number of methoxy groups -OCH3 is 1. The summed E-state index contributed by atoms with van der Waals surface area (Å²) in [5.41, 5.74) is 0. The number of piperazine rings is 1. The normalized spacial score (nSPS) is 14.2. The third-order valence-corrected chi connectivity index (χ3v) is 4.91. The van der Waals surface area contributed by atoms with Crippen LogP contribution >= 0.6 is 39.9 Å². The lowest BCUT2D eigenvalue weighted by Crippen LogP contribution is -2.53. The molecule has 29 heavy (non-hydrogen) atoms. The van der Waals surface area contributed by atoms with Crippen LogP contribution in [-0.4, -0.2) is 74.3 Å². The first kappa shape index (κ1) is 23.5. The van der Waals surface area contributed by atoms with Crippen LogP contribution in [0.15, 0.2) is 46.0 Å². The molecule has 0 aliphatic carbocycles. The molecular weight excluding hydrogens is 551 g/mol. The van der Waals surface area contributed by atoms with E-state index in [2.05, 4.69) is 46.0 Å². The molecule has 0 spiro atoms. The first-order valence-electron chi connectivity index (χ1n) is 9.16. The molecule has 1 fully saturated rings. The number of anilines is 1. The van der Waals surface area contributed by atoms with E-state index in [0.29, 0.717) is 25.0 Å². The summed E-state index contributed by atoms with van der Waals surface area (Å²) in [7, 11) is 3.40. The topological polar surface area (TPSA) is 75.1 Å². The quantitative estimate of drug-likeness (QED) is 0.245. The van der Waals surface area contributed by atoms with Gasteiger partial charge in [-0.3, -0.25) is 4.99 Å². The number of ether oxygens (including phenoxy) is 2. The molecule has 1 aliphatic heterocycles. The van der Waals surface area contributed by atoms with Crippen LogP contribution in [0, 0.1) is 0 Å². The van der Waals surface area contributed by atoms with E-state index in [1.807, 2.05) is 30.3 Å². The SMILES string of the molecule is CN=C(NCCOc1ccccc1)N1CCN(c2ncc(Br)c(OC)n2)CC1.I. The van der Waals surface area contributed by atoms with Gasteiger partial charge >= 0.3 is 0 Å². The average molecular weight is 577 g/mol. The van der Waals surface area contributed by atoms with Crippen molar-refractivity contribution in [3.05, 3.63) is 41.0 Å². The molecule has 2 heterocycles. The van der Waals surface area contributed by atoms with Crippen LogP contribution in [0.3, 0.4) is 0 Å². The van der Waals surface area contributed by atoms with Gasteiger partial charge < -0.3 is 24.6 Å². The zero-order valence-electron chi connectivity index (χ0n) is 16.5. The molecule has 0 radical (unpaired) electrons. The molecule has 8 nitrogen and oxygen atoms in total. The third-order valence-electron chi connectivity index (χ3n) is 4.36. The van der Waals surface area contributed by atoms with Crippen molar-refractivity contribution in [1.82, 2.24) is 20.2 Å². The summed E-state index contributed by atoms with van der Waals surface area (Å²) < 4.78 is 11.7. The number of nitrogens with one attached hydrogen (secondary N) is 1. The highest BCUT2D eigenvalue weighted by atomic mass is 127. The smallest absolute Gasteiger partial charge is 0.232 e. The molecule has 1 aromatic carbocycles. The number of aromatic nitrogens is 2. The van der Waals surface area contributed by atoms with Crippen molar-refractivity contribution in [3.63, 3.8) is 0 Å². The zero-order valence-corrected chi connectivity index (χ0v) is 20.5. The molecule has 2 aromatic rings. The maximum Gasteiger partial charge on any atom is 0.232 e. The molecule has 158 valence electrons. The Hall–Kier alpha value is -1.82. The van der Waals surface area contributed by atoms with E-state index in [4.69, 9.17) is 9.47 Å². The Bertz CT molecular complexity index is 788. The first-order valence-corrected chi connectivity index (χ1v) is 9.95. The van der Waals surface area contributed by atoms with Gasteiger partial charge in [0, 0.05) is 33.2 Å². The molecular formula is C19H26BrIN6O2. The van der Waals surface area contributed by atoms with Crippen molar-refractivity contribution in [2.24, 2.45) is 4.99 Å². The van der Waals surface area contributed by atoms with E-state index in [-0.39, 0.29) is 24.0 Å². The summed E-state index contributed by atoms with van der Waals surface area (Å²) in [6, 6.07) is 9.81. The lowest BCUT2D eigenvalue weighted by atomic mass is 10.3. The first-order chi connectivity index (χ1) is 13.7. The van der Waals surface area contributed by atoms with Crippen LogP contribution in [0.4, 0.5) is 5.95 Å². The highest BCUT2D eigenvalue weighted by molar-refractivity contribution is 14.0. The second kappa shape index (κ2) is 12.0. The molecule has 0 saturated carbocycles. The number of guanidine groups is 1. The Morgan fingerprint density at radius 2 is 1.93 bits per heavy atom. The Morgan fingerprint density at radius 3 is 2.59 bits per heavy atom. The maximum absolute atomic E-state index is 5.72. The molecule has 1 saturated heterocycles. The standard InChI is InChI=1S/C19H25BrN6O2.HI/c1-21-18(22-8-13-28-15-6-4-3-5-7-15)25-9-11-26(12-10-25)19-23-14-16(20)17(24-19)27-2;/h3-7,14H,8-13H2,1-2H3,(H,21,22);1H. The predicted molar refractivity (Wildman–Crippen MR) is 129 cm³/mol. The molecule has 0 unspecified atom stereocenters. The Labute approximate surface area is 196 Å². The summed E-state index contributed by atoms with van der Waals surface area (Å²) >= 11 is 3.39. The number of rotatable bonds is 6. The molecule has 0 amide bonds. The number of aliphatic imine (C=N–C) groups is 1. The predicted octanol–water partition coefficient (Wildman–Crippen LogP) is 2.64. The van der Waals surface area contributed by atoms with Gasteiger partial charge in [-0.25, -0.2) is 4.98 Å². The van der Waals surface area contributed by atoms with E-state index >= 15 is 0 Å². The number of halogens is 2. The van der Waals surface area contributed by atoms with Crippen molar-refractivity contribution in [2.75, 3.05) is 58.4 Å². The average Bonchev–Trinajstić information content (AvgIpc) is 2.75. The molecule has 0 atom stereocenters. The second-order valence-corrected chi connectivity index (χ2v) is 6.99. The van der Waals surface area contributed by atoms with E-state index in [9.17, 15) is 0 Å². The summed E-state index contributed by atoms with van der Waals surface area (Å²) in [5.74, 6) is 2.98. The van der Waals surface area contributed by atoms with Gasteiger partial charge in [0.25, 0.3) is 0 Å². The fourth-order valence-corrected chi connectivity index (χ4v) is 3.29. The van der Waals surface area contributed by atoms with Crippen molar-refractivity contribution in [3.8, 4) is 11.6 Å². The van der Waals surface area contributed by atoms with Gasteiger partial charge in [-0.05, 0) is 28.1 Å². The van der Waals surface area contributed by atoms with Gasteiger partial charge in [0.15, 0.2) is 5.96 Å². The zero-order chi connectivity index (χ0) is 19.8. The largest absolute Gasteiger partial charge is 0.492 e. The number of hydrogen-bond donors (Lipinski definition) is 1. The lowest BCUT2D eigenvalue weighted by Gasteiger charge is -2.36. The summed E-state index contributed by atoms with van der Waals surface area (Å²) in [4.78, 5) is 17.6. The summed E-state index contributed by atoms with van der Waals surface area (Å²) in [6.45, 7) is 4.56. The highest BCUT2D eigenvalue weighted by Gasteiger charge is 2.22. The van der Waals surface area contributed by atoms with E-state index in [1.165, 1.54) is 0 Å². The van der Waals surface area contributed by atoms with Crippen LogP contribution in [0.5, 0.6) is 11.6 Å². The summed E-state index contributed by atoms with van der Waals surface area (Å²) in [6.07, 6.45) is 1.72. The molecule has 1 N–H and O–H groups in total. The molecule has 10 heteroatoms. The fraction of sp³-hybridized carbons (Fsp3) is 0.421. The Kier molecular flexibility index (Phi) is 9.71. The fourth-order valence-electron chi connectivity index (χ4n) is 2.94. The van der Waals surface area contributed by atoms with Gasteiger partial charge in [-0.2, -0.15) is 4.98 Å². The van der Waals surface area contributed by atoms with Gasteiger partial charge in [0.2, 0.25) is 11.8 Å². The molecule has 1 aliphatic rings. The minimum absolute atomic E-state index is 0. The molecule has 0 bridgehead atoms. The number of benzene rings is 1. The van der Waals surface area contributed by atoms with Crippen molar-refractivity contribution >= 4 is 51.8 Å². The van der Waals surface area contributed by atoms with Crippen molar-refractivity contribution < 1.29 is 9.47 Å². The number of para-hydroxylation sites is 1. The van der Waals surface area contributed by atoms with Crippen LogP contribution < -0.4 is 19.7 Å². The van der Waals surface area contributed by atoms with E-state index < -0.39 is 0 Å². The third kappa shape index (κ3) is 6.59. The highest BCUT2D eigenvalue weighted by Crippen LogP contribution is 2.23. The monoisotopic (exact) mass is 576 g/mol. The van der Waals surface area contributed by atoms with Crippen molar-refractivity contribution in [1.29, 1.82) is 0 Å². The molecule has 1 aromatic heterocycles. The summed E-state index contributed by atoms with van der Waals surface area (Å²) in [5, 5.41) is 3.36. The molecule has 3 rings (SSSR count). The van der Waals surface area contributed by atoms with Gasteiger partial charge in [0.05, 0.1) is 24.3 Å². The van der Waals surface area contributed by atoms with Crippen LogP contribution in [0.1, 0.15) is 0 Å². The Morgan fingerprint density at radius 1 is 1.21 bits per heavy atom. The Balaban J connectivity index is 0.00000300. The number of nitrogens with zero attached hydrogens (tertiary/aromatic N) is 5. The maximum atomic E-state index is 5.72. The second-order valence-electron chi connectivity index (χ2n) is 6.14. The van der Waals surface area contributed by atoms with Gasteiger partial charge in [-0.15, -0.1) is 24.0 Å². The van der Waals surface area contributed by atoms with E-state index in [1.54, 1.807) is 20.4 Å². The van der Waals surface area contributed by atoms with Crippen LogP contribution in [0.25, 0.3) is 0 Å². The lowest BCUT2D eigenvalue weighted by molar-refractivity contribution is 0.314.